The first-order valence-electron chi connectivity index (χ1n) is 16.8. The van der Waals surface area contributed by atoms with Crippen LogP contribution in [0.2, 0.25) is 0 Å². The zero-order valence-electron chi connectivity index (χ0n) is 25.0. The highest BCUT2D eigenvalue weighted by molar-refractivity contribution is 4.72. The van der Waals surface area contributed by atoms with Crippen LogP contribution in [-0.4, -0.2) is 0 Å². The van der Waals surface area contributed by atoms with Gasteiger partial charge in [-0.2, -0.15) is 0 Å². The van der Waals surface area contributed by atoms with Crippen LogP contribution in [0.25, 0.3) is 0 Å². The van der Waals surface area contributed by atoms with Gasteiger partial charge in [0.15, 0.2) is 0 Å². The number of hydrogen-bond donors (Lipinski definition) is 0. The smallest absolute Gasteiger partial charge is 0.0386 e. The summed E-state index contributed by atoms with van der Waals surface area (Å²) in [5.41, 5.74) is 0. The van der Waals surface area contributed by atoms with Gasteiger partial charge in [0.25, 0.3) is 0 Å². The topological polar surface area (TPSA) is 0 Å². The van der Waals surface area contributed by atoms with Gasteiger partial charge in [-0.05, 0) is 11.8 Å². The quantitative estimate of drug-likeness (QED) is 0.0937. The van der Waals surface area contributed by atoms with E-state index >= 15 is 0 Å². The summed E-state index contributed by atoms with van der Waals surface area (Å²) in [4.78, 5) is 0. The molecule has 0 aromatic rings. The molecule has 0 N–H and O–H groups in total. The molecule has 0 rings (SSSR count). The van der Waals surface area contributed by atoms with Crippen LogP contribution in [0, 0.1) is 11.8 Å². The van der Waals surface area contributed by atoms with Crippen LogP contribution in [0.5, 0.6) is 0 Å². The molecule has 0 aliphatic carbocycles. The Bertz CT molecular complexity index is 346. The standard InChI is InChI=1S/C34H70/c1-5-9-13-17-20-24-28-32-34(31-27-23-19-15-11-7-3)33(29-25-21-16-12-8-4)30-26-22-18-14-10-6-2/h33-34H,5-32H2,1-4H3. The molecule has 2 atom stereocenters. The van der Waals surface area contributed by atoms with Crippen molar-refractivity contribution in [3.05, 3.63) is 0 Å². The lowest BCUT2D eigenvalue weighted by molar-refractivity contribution is 0.236. The Labute approximate surface area is 219 Å². The van der Waals surface area contributed by atoms with E-state index in [0.717, 1.165) is 11.8 Å². The molecule has 0 bridgehead atoms. The van der Waals surface area contributed by atoms with Crippen molar-refractivity contribution in [1.29, 1.82) is 0 Å². The normalized spacial score (nSPS) is 13.4. The van der Waals surface area contributed by atoms with Gasteiger partial charge >= 0.3 is 0 Å². The van der Waals surface area contributed by atoms with Crippen molar-refractivity contribution in [3.8, 4) is 0 Å². The fourth-order valence-corrected chi connectivity index (χ4v) is 5.98. The Kier molecular flexibility index (Phi) is 29.2. The first-order chi connectivity index (χ1) is 16.8. The van der Waals surface area contributed by atoms with Crippen LogP contribution in [0.15, 0.2) is 0 Å². The molecule has 0 aliphatic heterocycles. The minimum absolute atomic E-state index is 1.03. The summed E-state index contributed by atoms with van der Waals surface area (Å²) in [7, 11) is 0. The Morgan fingerprint density at radius 1 is 0.235 bits per heavy atom. The van der Waals surface area contributed by atoms with Crippen LogP contribution in [0.1, 0.15) is 207 Å². The number of hydrogen-bond acceptors (Lipinski definition) is 0. The summed E-state index contributed by atoms with van der Waals surface area (Å²) in [5.74, 6) is 2.06. The first kappa shape index (κ1) is 34.0. The highest BCUT2D eigenvalue weighted by Crippen LogP contribution is 2.33. The SMILES string of the molecule is CCCCCCCCCC(CCCCCCCC)C(CCCCCCC)CCCCCCCC. The van der Waals surface area contributed by atoms with E-state index in [9.17, 15) is 0 Å². The zero-order chi connectivity index (χ0) is 25.0. The highest BCUT2D eigenvalue weighted by Gasteiger charge is 2.20. The summed E-state index contributed by atoms with van der Waals surface area (Å²) in [6, 6.07) is 0. The van der Waals surface area contributed by atoms with Crippen molar-refractivity contribution in [2.45, 2.75) is 207 Å². The lowest BCUT2D eigenvalue weighted by atomic mass is 9.78. The van der Waals surface area contributed by atoms with Crippen molar-refractivity contribution >= 4 is 0 Å². The molecule has 0 fully saturated rings. The minimum Gasteiger partial charge on any atom is -0.0654 e. The van der Waals surface area contributed by atoms with Gasteiger partial charge < -0.3 is 0 Å². The van der Waals surface area contributed by atoms with E-state index in [1.807, 2.05) is 0 Å². The van der Waals surface area contributed by atoms with E-state index in [-0.39, 0.29) is 0 Å². The van der Waals surface area contributed by atoms with E-state index in [0.29, 0.717) is 0 Å². The molecule has 0 heteroatoms. The van der Waals surface area contributed by atoms with Crippen LogP contribution in [0.4, 0.5) is 0 Å². The maximum absolute atomic E-state index is 2.35. The fraction of sp³-hybridized carbons (Fsp3) is 1.00. The summed E-state index contributed by atoms with van der Waals surface area (Å²) in [6.07, 6.45) is 41.2. The number of unbranched alkanes of at least 4 members (excludes halogenated alkanes) is 20. The van der Waals surface area contributed by atoms with Crippen molar-refractivity contribution in [2.75, 3.05) is 0 Å². The second-order valence-electron chi connectivity index (χ2n) is 11.7. The van der Waals surface area contributed by atoms with Crippen LogP contribution < -0.4 is 0 Å². The van der Waals surface area contributed by atoms with Gasteiger partial charge in [-0.1, -0.05) is 207 Å². The molecule has 206 valence electrons. The zero-order valence-corrected chi connectivity index (χ0v) is 25.0. The summed E-state index contributed by atoms with van der Waals surface area (Å²) < 4.78 is 0. The maximum Gasteiger partial charge on any atom is -0.0386 e. The summed E-state index contributed by atoms with van der Waals surface area (Å²) >= 11 is 0. The molecule has 0 amide bonds. The van der Waals surface area contributed by atoms with E-state index in [4.69, 9.17) is 0 Å². The van der Waals surface area contributed by atoms with Crippen LogP contribution in [0.3, 0.4) is 0 Å². The van der Waals surface area contributed by atoms with Gasteiger partial charge in [0.2, 0.25) is 0 Å². The molecular formula is C34H70. The molecule has 0 aromatic carbocycles. The average molecular weight is 479 g/mol. The van der Waals surface area contributed by atoms with Crippen molar-refractivity contribution in [1.82, 2.24) is 0 Å². The molecular weight excluding hydrogens is 408 g/mol. The van der Waals surface area contributed by atoms with Gasteiger partial charge in [0.05, 0.1) is 0 Å². The molecule has 0 nitrogen and oxygen atoms in total. The highest BCUT2D eigenvalue weighted by atomic mass is 14.3. The van der Waals surface area contributed by atoms with E-state index < -0.39 is 0 Å². The number of rotatable bonds is 29. The second kappa shape index (κ2) is 29.2. The third-order valence-corrected chi connectivity index (χ3v) is 8.38. The summed E-state index contributed by atoms with van der Waals surface area (Å²) in [5, 5.41) is 0. The fourth-order valence-electron chi connectivity index (χ4n) is 5.98. The predicted octanol–water partition coefficient (Wildman–Crippen LogP) is 13.2. The average Bonchev–Trinajstić information content (AvgIpc) is 2.85. The monoisotopic (exact) mass is 479 g/mol. The molecule has 0 radical (unpaired) electrons. The molecule has 0 heterocycles. The molecule has 0 aromatic heterocycles. The van der Waals surface area contributed by atoms with E-state index in [1.54, 1.807) is 0 Å². The first-order valence-corrected chi connectivity index (χ1v) is 16.8. The minimum atomic E-state index is 1.03. The van der Waals surface area contributed by atoms with Gasteiger partial charge in [-0.25, -0.2) is 0 Å². The summed E-state index contributed by atoms with van der Waals surface area (Å²) in [6.45, 7) is 9.36. The lowest BCUT2D eigenvalue weighted by Crippen LogP contribution is -2.16. The second-order valence-corrected chi connectivity index (χ2v) is 11.7. The largest absolute Gasteiger partial charge is 0.0654 e. The molecule has 2 unspecified atom stereocenters. The third kappa shape index (κ3) is 23.7. The van der Waals surface area contributed by atoms with Gasteiger partial charge in [0, 0.05) is 0 Å². The Morgan fingerprint density at radius 2 is 0.412 bits per heavy atom. The molecule has 0 spiro atoms. The van der Waals surface area contributed by atoms with Gasteiger partial charge in [-0.15, -0.1) is 0 Å². The lowest BCUT2D eigenvalue weighted by Gasteiger charge is -2.28. The predicted molar refractivity (Wildman–Crippen MR) is 159 cm³/mol. The van der Waals surface area contributed by atoms with Crippen LogP contribution >= 0.6 is 0 Å². The Balaban J connectivity index is 4.64. The molecule has 0 saturated heterocycles. The molecule has 34 heavy (non-hydrogen) atoms. The van der Waals surface area contributed by atoms with Gasteiger partial charge in [-0.3, -0.25) is 0 Å². The molecule has 0 saturated carbocycles. The van der Waals surface area contributed by atoms with E-state index in [2.05, 4.69) is 27.7 Å². The van der Waals surface area contributed by atoms with Gasteiger partial charge in [0.1, 0.15) is 0 Å². The van der Waals surface area contributed by atoms with E-state index in [1.165, 1.54) is 180 Å². The van der Waals surface area contributed by atoms with Crippen LogP contribution in [-0.2, 0) is 0 Å². The van der Waals surface area contributed by atoms with Crippen molar-refractivity contribution in [2.24, 2.45) is 11.8 Å². The van der Waals surface area contributed by atoms with Crippen molar-refractivity contribution < 1.29 is 0 Å². The Morgan fingerprint density at radius 3 is 0.618 bits per heavy atom. The molecule has 0 aliphatic rings. The van der Waals surface area contributed by atoms with Crippen molar-refractivity contribution in [3.63, 3.8) is 0 Å². The third-order valence-electron chi connectivity index (χ3n) is 8.38. The Hall–Kier alpha value is 0. The maximum atomic E-state index is 2.35.